The maximum absolute atomic E-state index is 13.0. The first kappa shape index (κ1) is 19.9. The Morgan fingerprint density at radius 3 is 2.90 bits per heavy atom. The lowest BCUT2D eigenvalue weighted by Gasteiger charge is -2.30. The van der Waals surface area contributed by atoms with Crippen molar-refractivity contribution in [2.24, 2.45) is 0 Å². The van der Waals surface area contributed by atoms with E-state index in [2.05, 4.69) is 37.2 Å². The maximum Gasteiger partial charge on any atom is 0.387 e. The van der Waals surface area contributed by atoms with Crippen molar-refractivity contribution >= 4 is 16.6 Å². The maximum atomic E-state index is 13.0. The number of halogens is 2. The van der Waals surface area contributed by atoms with Crippen LogP contribution < -0.4 is 10.1 Å². The highest BCUT2D eigenvalue weighted by atomic mass is 19.3. The Hall–Kier alpha value is -3.38. The van der Waals surface area contributed by atoms with Gasteiger partial charge in [0.15, 0.2) is 5.82 Å². The van der Waals surface area contributed by atoms with Crippen molar-refractivity contribution in [1.82, 2.24) is 20.1 Å². The molecule has 1 aliphatic rings. The number of nitrogens with one attached hydrogen (secondary N) is 1. The Morgan fingerprint density at radius 1 is 1.27 bits per heavy atom. The second-order valence-corrected chi connectivity index (χ2v) is 7.27. The van der Waals surface area contributed by atoms with Crippen LogP contribution in [0.15, 0.2) is 36.7 Å². The van der Waals surface area contributed by atoms with Gasteiger partial charge in [0.05, 0.1) is 11.6 Å². The third-order valence-electron chi connectivity index (χ3n) is 5.13. The number of piperidine rings is 1. The van der Waals surface area contributed by atoms with E-state index in [1.165, 1.54) is 12.1 Å². The van der Waals surface area contributed by atoms with Crippen LogP contribution in [0.4, 0.5) is 14.6 Å². The number of hydrogen-bond acceptors (Lipinski definition) is 7. The summed E-state index contributed by atoms with van der Waals surface area (Å²) in [7, 11) is 2.08. The fourth-order valence-electron chi connectivity index (χ4n) is 3.76. The molecule has 0 saturated carbocycles. The third-order valence-corrected chi connectivity index (χ3v) is 5.13. The first-order chi connectivity index (χ1) is 14.5. The summed E-state index contributed by atoms with van der Waals surface area (Å²) in [6.07, 6.45) is 5.41. The molecule has 0 bridgehead atoms. The number of fused-ring (bicyclic) bond motifs is 1. The van der Waals surface area contributed by atoms with Crippen LogP contribution in [0, 0.1) is 11.3 Å². The van der Waals surface area contributed by atoms with E-state index in [-0.39, 0.29) is 17.4 Å². The SMILES string of the molecule is CN1CCC[C@@H](Nc2nnc(-c3ccc(C#N)cc3OC(F)F)c3ccncc23)C1. The van der Waals surface area contributed by atoms with Crippen molar-refractivity contribution in [3.63, 3.8) is 0 Å². The number of rotatable bonds is 5. The van der Waals surface area contributed by atoms with Crippen molar-refractivity contribution < 1.29 is 13.5 Å². The zero-order valence-corrected chi connectivity index (χ0v) is 16.3. The van der Waals surface area contributed by atoms with Gasteiger partial charge in [-0.25, -0.2) is 0 Å². The van der Waals surface area contributed by atoms with Crippen LogP contribution in [0.3, 0.4) is 0 Å². The second kappa shape index (κ2) is 8.55. The fraction of sp³-hybridized carbons (Fsp3) is 0.333. The molecule has 0 spiro atoms. The van der Waals surface area contributed by atoms with Gasteiger partial charge in [-0.1, -0.05) is 0 Å². The highest BCUT2D eigenvalue weighted by molar-refractivity contribution is 6.00. The molecule has 0 unspecified atom stereocenters. The van der Waals surface area contributed by atoms with E-state index in [1.54, 1.807) is 24.5 Å². The Kier molecular flexibility index (Phi) is 5.68. The lowest BCUT2D eigenvalue weighted by molar-refractivity contribution is -0.0494. The summed E-state index contributed by atoms with van der Waals surface area (Å²) in [5.41, 5.74) is 0.939. The molecule has 1 aliphatic heterocycles. The number of hydrogen-bond donors (Lipinski definition) is 1. The second-order valence-electron chi connectivity index (χ2n) is 7.27. The minimum Gasteiger partial charge on any atom is -0.434 e. The summed E-state index contributed by atoms with van der Waals surface area (Å²) in [6, 6.07) is 8.29. The van der Waals surface area contributed by atoms with Crippen LogP contribution in [-0.4, -0.2) is 52.9 Å². The molecule has 3 heterocycles. The standard InChI is InChI=1S/C21H20F2N6O/c1-29-8-2-3-14(12-29)26-20-17-11-25-7-6-15(17)19(27-28-20)16-5-4-13(10-24)9-18(16)30-21(22)23/h4-7,9,11,14,21H,2-3,8,12H2,1H3,(H,26,28)/t14-/m1/s1. The van der Waals surface area contributed by atoms with E-state index in [1.807, 2.05) is 6.07 Å². The largest absolute Gasteiger partial charge is 0.434 e. The number of aromatic nitrogens is 3. The van der Waals surface area contributed by atoms with E-state index in [0.717, 1.165) is 31.3 Å². The van der Waals surface area contributed by atoms with Crippen LogP contribution in [0.5, 0.6) is 5.75 Å². The van der Waals surface area contributed by atoms with Gasteiger partial charge in [0, 0.05) is 41.3 Å². The monoisotopic (exact) mass is 410 g/mol. The number of alkyl halides is 2. The summed E-state index contributed by atoms with van der Waals surface area (Å²) in [5, 5.41) is 22.7. The van der Waals surface area contributed by atoms with Crippen LogP contribution in [0.25, 0.3) is 22.0 Å². The molecule has 1 aromatic carbocycles. The molecule has 154 valence electrons. The Bertz CT molecular complexity index is 1100. The molecule has 1 N–H and O–H groups in total. The summed E-state index contributed by atoms with van der Waals surface area (Å²) in [6.45, 7) is -1.06. The van der Waals surface area contributed by atoms with Gasteiger partial charge in [0.2, 0.25) is 0 Å². The Labute approximate surface area is 172 Å². The normalized spacial score (nSPS) is 17.1. The van der Waals surface area contributed by atoms with E-state index in [4.69, 9.17) is 5.26 Å². The number of benzene rings is 1. The van der Waals surface area contributed by atoms with E-state index in [0.29, 0.717) is 22.5 Å². The number of pyridine rings is 1. The highest BCUT2D eigenvalue weighted by Crippen LogP contribution is 2.36. The molecule has 0 amide bonds. The quantitative estimate of drug-likeness (QED) is 0.687. The molecule has 0 aliphatic carbocycles. The zero-order chi connectivity index (χ0) is 21.1. The molecular weight excluding hydrogens is 390 g/mol. The number of ether oxygens (including phenoxy) is 1. The number of likely N-dealkylation sites (N-methyl/N-ethyl adjacent to an activating group) is 1. The van der Waals surface area contributed by atoms with E-state index < -0.39 is 6.61 Å². The molecular formula is C21H20F2N6O. The number of anilines is 1. The van der Waals surface area contributed by atoms with Gasteiger partial charge in [-0.3, -0.25) is 4.98 Å². The molecule has 2 aromatic heterocycles. The molecule has 0 radical (unpaired) electrons. The summed E-state index contributed by atoms with van der Waals surface area (Å²) in [5.74, 6) is 0.484. The van der Waals surface area contributed by atoms with Crippen LogP contribution in [-0.2, 0) is 0 Å². The predicted octanol–water partition coefficient (Wildman–Crippen LogP) is 3.67. The van der Waals surface area contributed by atoms with Crippen LogP contribution >= 0.6 is 0 Å². The van der Waals surface area contributed by atoms with Crippen molar-refractivity contribution in [3.05, 3.63) is 42.2 Å². The van der Waals surface area contributed by atoms with Gasteiger partial charge in [-0.05, 0) is 50.7 Å². The average molecular weight is 410 g/mol. The average Bonchev–Trinajstić information content (AvgIpc) is 2.74. The molecule has 9 heteroatoms. The van der Waals surface area contributed by atoms with Gasteiger partial charge in [0.1, 0.15) is 11.4 Å². The number of likely N-dealkylation sites (tertiary alicyclic amines) is 1. The molecule has 30 heavy (non-hydrogen) atoms. The van der Waals surface area contributed by atoms with Gasteiger partial charge >= 0.3 is 6.61 Å². The highest BCUT2D eigenvalue weighted by Gasteiger charge is 2.21. The lowest BCUT2D eigenvalue weighted by Crippen LogP contribution is -2.40. The van der Waals surface area contributed by atoms with Crippen molar-refractivity contribution in [2.45, 2.75) is 25.5 Å². The van der Waals surface area contributed by atoms with Crippen LogP contribution in [0.2, 0.25) is 0 Å². The molecule has 3 aromatic rings. The Balaban J connectivity index is 1.78. The number of nitriles is 1. The summed E-state index contributed by atoms with van der Waals surface area (Å²) < 4.78 is 30.6. The van der Waals surface area contributed by atoms with E-state index in [9.17, 15) is 8.78 Å². The number of nitrogens with zero attached hydrogens (tertiary/aromatic N) is 5. The lowest BCUT2D eigenvalue weighted by atomic mass is 10.0. The summed E-state index contributed by atoms with van der Waals surface area (Å²) >= 11 is 0. The van der Waals surface area contributed by atoms with Crippen molar-refractivity contribution in [2.75, 3.05) is 25.5 Å². The Morgan fingerprint density at radius 2 is 2.13 bits per heavy atom. The van der Waals surface area contributed by atoms with Crippen molar-refractivity contribution in [1.29, 1.82) is 5.26 Å². The fourth-order valence-corrected chi connectivity index (χ4v) is 3.76. The molecule has 1 saturated heterocycles. The molecule has 1 fully saturated rings. The summed E-state index contributed by atoms with van der Waals surface area (Å²) in [4.78, 5) is 6.46. The topological polar surface area (TPSA) is 87.0 Å². The van der Waals surface area contributed by atoms with Gasteiger partial charge in [0.25, 0.3) is 0 Å². The van der Waals surface area contributed by atoms with E-state index >= 15 is 0 Å². The van der Waals surface area contributed by atoms with Crippen LogP contribution in [0.1, 0.15) is 18.4 Å². The minimum absolute atomic E-state index is 0.119. The third kappa shape index (κ3) is 4.14. The zero-order valence-electron chi connectivity index (χ0n) is 16.3. The molecule has 4 rings (SSSR count). The smallest absolute Gasteiger partial charge is 0.387 e. The molecule has 1 atom stereocenters. The van der Waals surface area contributed by atoms with Gasteiger partial charge < -0.3 is 15.0 Å². The first-order valence-corrected chi connectivity index (χ1v) is 9.60. The van der Waals surface area contributed by atoms with Gasteiger partial charge in [-0.2, -0.15) is 14.0 Å². The van der Waals surface area contributed by atoms with Gasteiger partial charge in [-0.15, -0.1) is 10.2 Å². The molecule has 7 nitrogen and oxygen atoms in total. The first-order valence-electron chi connectivity index (χ1n) is 9.60. The minimum atomic E-state index is -3.03. The van der Waals surface area contributed by atoms with Crippen molar-refractivity contribution in [3.8, 4) is 23.1 Å². The predicted molar refractivity (Wildman–Crippen MR) is 108 cm³/mol.